The standard InChI is InChI=1S/C22H23N7S/c1-30-22-26-19(25-17-5-6-18-16(14-17)7-9-23-18)15-21(27-22)29-12-10-28(11-13-29)20-4-2-3-8-24-20/h2-9,14-15,23H,10-13H2,1H3,(H,25,26,27). The van der Waals surface area contributed by atoms with Gasteiger partial charge in [0.15, 0.2) is 5.16 Å². The van der Waals surface area contributed by atoms with Gasteiger partial charge in [0, 0.05) is 61.2 Å². The summed E-state index contributed by atoms with van der Waals surface area (Å²) in [6.07, 6.45) is 5.81. The molecule has 4 heterocycles. The number of fused-ring (bicyclic) bond motifs is 1. The second-order valence-electron chi connectivity index (χ2n) is 7.16. The van der Waals surface area contributed by atoms with Gasteiger partial charge in [0.05, 0.1) is 0 Å². The summed E-state index contributed by atoms with van der Waals surface area (Å²) in [5.41, 5.74) is 2.14. The largest absolute Gasteiger partial charge is 0.361 e. The number of aromatic nitrogens is 4. The van der Waals surface area contributed by atoms with E-state index in [9.17, 15) is 0 Å². The van der Waals surface area contributed by atoms with Crippen molar-refractivity contribution in [3.63, 3.8) is 0 Å². The Morgan fingerprint density at radius 1 is 0.933 bits per heavy atom. The third-order valence-electron chi connectivity index (χ3n) is 5.28. The first-order valence-electron chi connectivity index (χ1n) is 9.97. The molecule has 0 bridgehead atoms. The molecule has 1 fully saturated rings. The molecule has 1 saturated heterocycles. The van der Waals surface area contributed by atoms with Gasteiger partial charge in [0.2, 0.25) is 0 Å². The molecule has 7 nitrogen and oxygen atoms in total. The highest BCUT2D eigenvalue weighted by atomic mass is 32.2. The van der Waals surface area contributed by atoms with Crippen LogP contribution in [0.1, 0.15) is 0 Å². The van der Waals surface area contributed by atoms with Gasteiger partial charge in [-0.05, 0) is 42.7 Å². The van der Waals surface area contributed by atoms with Crippen LogP contribution in [0.2, 0.25) is 0 Å². The summed E-state index contributed by atoms with van der Waals surface area (Å²) in [5, 5.41) is 5.39. The van der Waals surface area contributed by atoms with E-state index in [1.165, 1.54) is 5.39 Å². The van der Waals surface area contributed by atoms with E-state index >= 15 is 0 Å². The number of thioether (sulfide) groups is 1. The summed E-state index contributed by atoms with van der Waals surface area (Å²) in [6.45, 7) is 3.64. The van der Waals surface area contributed by atoms with E-state index in [2.05, 4.69) is 60.4 Å². The van der Waals surface area contributed by atoms with Crippen LogP contribution < -0.4 is 15.1 Å². The van der Waals surface area contributed by atoms with E-state index in [0.29, 0.717) is 0 Å². The van der Waals surface area contributed by atoms with Crippen LogP contribution in [0.3, 0.4) is 0 Å². The highest BCUT2D eigenvalue weighted by Gasteiger charge is 2.20. The lowest BCUT2D eigenvalue weighted by molar-refractivity contribution is 0.638. The van der Waals surface area contributed by atoms with Gasteiger partial charge in [-0.15, -0.1) is 0 Å². The second kappa shape index (κ2) is 8.23. The molecule has 0 amide bonds. The van der Waals surface area contributed by atoms with Crippen LogP contribution in [0.15, 0.2) is 66.1 Å². The van der Waals surface area contributed by atoms with E-state index in [1.54, 1.807) is 11.8 Å². The van der Waals surface area contributed by atoms with Gasteiger partial charge in [0.25, 0.3) is 0 Å². The first-order chi connectivity index (χ1) is 14.8. The molecule has 30 heavy (non-hydrogen) atoms. The predicted octanol–water partition coefficient (Wildman–Crippen LogP) is 4.15. The molecule has 1 aromatic carbocycles. The average Bonchev–Trinajstić information content (AvgIpc) is 3.27. The number of hydrogen-bond acceptors (Lipinski definition) is 7. The Balaban J connectivity index is 1.34. The van der Waals surface area contributed by atoms with Crippen molar-refractivity contribution in [2.24, 2.45) is 0 Å². The zero-order valence-electron chi connectivity index (χ0n) is 16.7. The van der Waals surface area contributed by atoms with Gasteiger partial charge in [-0.1, -0.05) is 17.8 Å². The van der Waals surface area contributed by atoms with E-state index in [1.807, 2.05) is 36.8 Å². The lowest BCUT2D eigenvalue weighted by Crippen LogP contribution is -2.47. The van der Waals surface area contributed by atoms with Crippen molar-refractivity contribution in [3.05, 3.63) is 60.9 Å². The molecule has 0 radical (unpaired) electrons. The Kier molecular flexibility index (Phi) is 5.15. The molecule has 152 valence electrons. The Bertz CT molecular complexity index is 1140. The minimum Gasteiger partial charge on any atom is -0.361 e. The highest BCUT2D eigenvalue weighted by molar-refractivity contribution is 7.98. The summed E-state index contributed by atoms with van der Waals surface area (Å²) in [5.74, 6) is 2.80. The molecule has 0 unspecified atom stereocenters. The van der Waals surface area contributed by atoms with E-state index in [0.717, 1.165) is 60.0 Å². The molecule has 8 heteroatoms. The fourth-order valence-corrected chi connectivity index (χ4v) is 4.09. The Hall–Kier alpha value is -3.26. The van der Waals surface area contributed by atoms with Crippen molar-refractivity contribution < 1.29 is 0 Å². The van der Waals surface area contributed by atoms with Gasteiger partial charge in [0.1, 0.15) is 17.5 Å². The van der Waals surface area contributed by atoms with Gasteiger partial charge >= 0.3 is 0 Å². The number of piperazine rings is 1. The Morgan fingerprint density at radius 2 is 1.77 bits per heavy atom. The molecular formula is C22H23N7S. The topological polar surface area (TPSA) is 73.0 Å². The smallest absolute Gasteiger partial charge is 0.191 e. The fraction of sp³-hybridized carbons (Fsp3) is 0.227. The molecule has 1 aliphatic rings. The summed E-state index contributed by atoms with van der Waals surface area (Å²) in [4.78, 5) is 21.7. The van der Waals surface area contributed by atoms with Crippen molar-refractivity contribution in [1.82, 2.24) is 19.9 Å². The summed E-state index contributed by atoms with van der Waals surface area (Å²) < 4.78 is 0. The number of nitrogens with zero attached hydrogens (tertiary/aromatic N) is 5. The molecule has 4 aromatic rings. The third kappa shape index (κ3) is 3.91. The van der Waals surface area contributed by atoms with Crippen molar-refractivity contribution >= 4 is 45.8 Å². The van der Waals surface area contributed by atoms with Crippen LogP contribution in [0.25, 0.3) is 10.9 Å². The molecule has 0 atom stereocenters. The predicted molar refractivity (Wildman–Crippen MR) is 124 cm³/mol. The van der Waals surface area contributed by atoms with Gasteiger partial charge < -0.3 is 20.1 Å². The highest BCUT2D eigenvalue weighted by Crippen LogP contribution is 2.26. The third-order valence-corrected chi connectivity index (χ3v) is 5.83. The molecule has 2 N–H and O–H groups in total. The first kappa shape index (κ1) is 18.7. The van der Waals surface area contributed by atoms with Crippen LogP contribution >= 0.6 is 11.8 Å². The minimum absolute atomic E-state index is 0.768. The Morgan fingerprint density at radius 3 is 2.53 bits per heavy atom. The van der Waals surface area contributed by atoms with Crippen LogP contribution in [-0.2, 0) is 0 Å². The quantitative estimate of drug-likeness (QED) is 0.373. The number of rotatable bonds is 5. The molecule has 5 rings (SSSR count). The fourth-order valence-electron chi connectivity index (χ4n) is 3.71. The lowest BCUT2D eigenvalue weighted by Gasteiger charge is -2.36. The van der Waals surface area contributed by atoms with E-state index in [-0.39, 0.29) is 0 Å². The molecular weight excluding hydrogens is 394 g/mol. The minimum atomic E-state index is 0.768. The monoisotopic (exact) mass is 417 g/mol. The van der Waals surface area contributed by atoms with Crippen LogP contribution in [-0.4, -0.2) is 52.4 Å². The van der Waals surface area contributed by atoms with Gasteiger partial charge in [-0.2, -0.15) is 0 Å². The first-order valence-corrected chi connectivity index (χ1v) is 11.2. The number of benzene rings is 1. The second-order valence-corrected chi connectivity index (χ2v) is 7.94. The number of aromatic amines is 1. The number of nitrogens with one attached hydrogen (secondary N) is 2. The average molecular weight is 418 g/mol. The van der Waals surface area contributed by atoms with Crippen molar-refractivity contribution in [1.29, 1.82) is 0 Å². The Labute approximate surface area is 179 Å². The maximum atomic E-state index is 4.76. The summed E-state index contributed by atoms with van der Waals surface area (Å²) in [6, 6.07) is 16.4. The lowest BCUT2D eigenvalue weighted by atomic mass is 10.2. The molecule has 1 aliphatic heterocycles. The summed E-state index contributed by atoms with van der Waals surface area (Å²) >= 11 is 1.56. The molecule has 0 saturated carbocycles. The van der Waals surface area contributed by atoms with Gasteiger partial charge in [-0.3, -0.25) is 0 Å². The zero-order chi connectivity index (χ0) is 20.3. The number of anilines is 4. The maximum Gasteiger partial charge on any atom is 0.191 e. The van der Waals surface area contributed by atoms with E-state index in [4.69, 9.17) is 4.98 Å². The zero-order valence-corrected chi connectivity index (χ0v) is 17.6. The van der Waals surface area contributed by atoms with Crippen molar-refractivity contribution in [2.45, 2.75) is 5.16 Å². The van der Waals surface area contributed by atoms with Crippen LogP contribution in [0.5, 0.6) is 0 Å². The molecule has 0 spiro atoms. The number of pyridine rings is 1. The molecule has 3 aromatic heterocycles. The summed E-state index contributed by atoms with van der Waals surface area (Å²) in [7, 11) is 0. The van der Waals surface area contributed by atoms with Crippen molar-refractivity contribution in [3.8, 4) is 0 Å². The number of H-pyrrole nitrogens is 1. The maximum absolute atomic E-state index is 4.76. The van der Waals surface area contributed by atoms with Gasteiger partial charge in [-0.25, -0.2) is 15.0 Å². The van der Waals surface area contributed by atoms with Crippen LogP contribution in [0.4, 0.5) is 23.1 Å². The normalized spacial score (nSPS) is 14.3. The SMILES string of the molecule is CSc1nc(Nc2ccc3[nH]ccc3c2)cc(N2CCN(c3ccccn3)CC2)n1. The van der Waals surface area contributed by atoms with E-state index < -0.39 is 0 Å². The number of hydrogen-bond donors (Lipinski definition) is 2. The molecule has 0 aliphatic carbocycles. The van der Waals surface area contributed by atoms with Crippen LogP contribution in [0, 0.1) is 0 Å². The van der Waals surface area contributed by atoms with Crippen molar-refractivity contribution in [2.75, 3.05) is 47.6 Å².